The molecule has 0 saturated carbocycles. The van der Waals surface area contributed by atoms with E-state index in [4.69, 9.17) is 23.2 Å². The Kier molecular flexibility index (Phi) is 5.51. The average Bonchev–Trinajstić information content (AvgIpc) is 2.62. The fourth-order valence-electron chi connectivity index (χ4n) is 2.25. The van der Waals surface area contributed by atoms with E-state index in [0.29, 0.717) is 27.0 Å². The van der Waals surface area contributed by atoms with Crippen LogP contribution in [-0.2, 0) is 4.79 Å². The SMILES string of the molecule is O=C(/C=C/c1ccc(Cl)cc1Cl)Nc1cccc(-c2ccc(=O)[nH]n2)c1. The highest BCUT2D eigenvalue weighted by atomic mass is 35.5. The number of nitrogens with zero attached hydrogens (tertiary/aromatic N) is 1. The second-order valence-corrected chi connectivity index (χ2v) is 6.22. The number of carbonyl (C=O) groups excluding carboxylic acids is 1. The lowest BCUT2D eigenvalue weighted by Gasteiger charge is -2.05. The first kappa shape index (κ1) is 17.9. The lowest BCUT2D eigenvalue weighted by molar-refractivity contribution is -0.111. The van der Waals surface area contributed by atoms with Gasteiger partial charge in [-0.15, -0.1) is 0 Å². The van der Waals surface area contributed by atoms with Gasteiger partial charge in [0.1, 0.15) is 0 Å². The van der Waals surface area contributed by atoms with Gasteiger partial charge in [-0.25, -0.2) is 5.10 Å². The summed E-state index contributed by atoms with van der Waals surface area (Å²) in [6.07, 6.45) is 3.00. The summed E-state index contributed by atoms with van der Waals surface area (Å²) in [7, 11) is 0. The summed E-state index contributed by atoms with van der Waals surface area (Å²) in [5.41, 5.74) is 2.39. The zero-order valence-electron chi connectivity index (χ0n) is 13.4. The van der Waals surface area contributed by atoms with Crippen LogP contribution in [0, 0.1) is 0 Å². The predicted molar refractivity (Wildman–Crippen MR) is 104 cm³/mol. The molecule has 0 spiro atoms. The van der Waals surface area contributed by atoms with E-state index < -0.39 is 0 Å². The summed E-state index contributed by atoms with van der Waals surface area (Å²) in [5.74, 6) is -0.303. The molecule has 3 aromatic rings. The summed E-state index contributed by atoms with van der Waals surface area (Å²) in [4.78, 5) is 23.2. The highest BCUT2D eigenvalue weighted by Crippen LogP contribution is 2.22. The highest BCUT2D eigenvalue weighted by Gasteiger charge is 2.04. The van der Waals surface area contributed by atoms with Gasteiger partial charge in [-0.05, 0) is 42.0 Å². The average molecular weight is 386 g/mol. The van der Waals surface area contributed by atoms with Gasteiger partial charge in [-0.3, -0.25) is 9.59 Å². The number of hydrogen-bond acceptors (Lipinski definition) is 3. The van der Waals surface area contributed by atoms with E-state index >= 15 is 0 Å². The van der Waals surface area contributed by atoms with Gasteiger partial charge in [-0.1, -0.05) is 41.4 Å². The second kappa shape index (κ2) is 7.99. The smallest absolute Gasteiger partial charge is 0.264 e. The molecule has 7 heteroatoms. The molecule has 5 nitrogen and oxygen atoms in total. The zero-order valence-corrected chi connectivity index (χ0v) is 14.9. The molecule has 2 N–H and O–H groups in total. The number of H-pyrrole nitrogens is 1. The molecule has 0 aliphatic rings. The van der Waals surface area contributed by atoms with Crippen molar-refractivity contribution in [3.63, 3.8) is 0 Å². The number of rotatable bonds is 4. The van der Waals surface area contributed by atoms with Crippen LogP contribution in [0.4, 0.5) is 5.69 Å². The van der Waals surface area contributed by atoms with Gasteiger partial charge >= 0.3 is 0 Å². The van der Waals surface area contributed by atoms with Gasteiger partial charge in [0.05, 0.1) is 5.69 Å². The van der Waals surface area contributed by atoms with Gasteiger partial charge < -0.3 is 5.32 Å². The molecule has 1 amide bonds. The lowest BCUT2D eigenvalue weighted by Crippen LogP contribution is -2.08. The molecule has 0 saturated heterocycles. The lowest BCUT2D eigenvalue weighted by atomic mass is 10.1. The third kappa shape index (κ3) is 4.59. The molecule has 0 atom stereocenters. The van der Waals surface area contributed by atoms with Crippen LogP contribution in [0.5, 0.6) is 0 Å². The molecule has 0 fully saturated rings. The standard InChI is InChI=1S/C19H13Cl2N3O2/c20-14-6-4-12(16(21)11-14)5-8-18(25)22-15-3-1-2-13(10-15)17-7-9-19(26)24-23-17/h1-11H,(H,22,25)(H,24,26)/b8-5+. The van der Waals surface area contributed by atoms with Crippen molar-refractivity contribution in [2.75, 3.05) is 5.32 Å². The Morgan fingerprint density at radius 1 is 1.08 bits per heavy atom. The number of aromatic amines is 1. The Hall–Kier alpha value is -2.89. The van der Waals surface area contributed by atoms with E-state index in [1.807, 2.05) is 6.07 Å². The van der Waals surface area contributed by atoms with Gasteiger partial charge in [0.15, 0.2) is 0 Å². The molecule has 2 aromatic carbocycles. The van der Waals surface area contributed by atoms with Crippen LogP contribution in [0.15, 0.2) is 65.5 Å². The fourth-order valence-corrected chi connectivity index (χ4v) is 2.72. The summed E-state index contributed by atoms with van der Waals surface area (Å²) >= 11 is 11.9. The Balaban J connectivity index is 1.73. The van der Waals surface area contributed by atoms with E-state index in [2.05, 4.69) is 15.5 Å². The van der Waals surface area contributed by atoms with Crippen molar-refractivity contribution in [3.05, 3.63) is 86.6 Å². The van der Waals surface area contributed by atoms with Crippen LogP contribution >= 0.6 is 23.2 Å². The van der Waals surface area contributed by atoms with E-state index in [-0.39, 0.29) is 11.5 Å². The maximum atomic E-state index is 12.1. The first-order valence-electron chi connectivity index (χ1n) is 7.61. The first-order chi connectivity index (χ1) is 12.5. The third-order valence-electron chi connectivity index (χ3n) is 3.48. The summed E-state index contributed by atoms with van der Waals surface area (Å²) in [5, 5.41) is 10.1. The number of benzene rings is 2. The Labute approximate surface area is 159 Å². The molecule has 0 unspecified atom stereocenters. The summed E-state index contributed by atoms with van der Waals surface area (Å²) in [6, 6.07) is 15.2. The molecule has 3 rings (SSSR count). The topological polar surface area (TPSA) is 74.8 Å². The minimum atomic E-state index is -0.303. The van der Waals surface area contributed by atoms with Crippen LogP contribution in [0.25, 0.3) is 17.3 Å². The normalized spacial score (nSPS) is 10.8. The first-order valence-corrected chi connectivity index (χ1v) is 8.37. The van der Waals surface area contributed by atoms with Crippen molar-refractivity contribution < 1.29 is 4.79 Å². The van der Waals surface area contributed by atoms with Crippen LogP contribution in [-0.4, -0.2) is 16.1 Å². The molecule has 130 valence electrons. The maximum absolute atomic E-state index is 12.1. The Bertz CT molecular complexity index is 1020. The molecule has 0 aliphatic heterocycles. The number of halogens is 2. The summed E-state index contributed by atoms with van der Waals surface area (Å²) < 4.78 is 0. The van der Waals surface area contributed by atoms with E-state index in [1.54, 1.807) is 48.5 Å². The molecule has 26 heavy (non-hydrogen) atoms. The van der Waals surface area contributed by atoms with Crippen molar-refractivity contribution in [1.82, 2.24) is 10.2 Å². The number of anilines is 1. The van der Waals surface area contributed by atoms with Gasteiger partial charge in [0.25, 0.3) is 5.56 Å². The number of nitrogens with one attached hydrogen (secondary N) is 2. The number of carbonyl (C=O) groups is 1. The van der Waals surface area contributed by atoms with E-state index in [1.165, 1.54) is 12.1 Å². The van der Waals surface area contributed by atoms with Crippen LogP contribution in [0.3, 0.4) is 0 Å². The zero-order chi connectivity index (χ0) is 18.5. The predicted octanol–water partition coefficient (Wildman–Crippen LogP) is 4.40. The molecule has 0 radical (unpaired) electrons. The van der Waals surface area contributed by atoms with Gasteiger partial charge in [0, 0.05) is 33.4 Å². The molecular weight excluding hydrogens is 373 g/mol. The van der Waals surface area contributed by atoms with Crippen molar-refractivity contribution in [2.45, 2.75) is 0 Å². The number of amides is 1. The van der Waals surface area contributed by atoms with Crippen molar-refractivity contribution in [3.8, 4) is 11.3 Å². The minimum Gasteiger partial charge on any atom is -0.322 e. The Morgan fingerprint density at radius 2 is 1.92 bits per heavy atom. The molecule has 0 bridgehead atoms. The minimum absolute atomic E-state index is 0.274. The van der Waals surface area contributed by atoms with Crippen LogP contribution in [0.1, 0.15) is 5.56 Å². The van der Waals surface area contributed by atoms with Crippen molar-refractivity contribution in [2.24, 2.45) is 0 Å². The number of hydrogen-bond donors (Lipinski definition) is 2. The van der Waals surface area contributed by atoms with Crippen LogP contribution in [0.2, 0.25) is 10.0 Å². The Morgan fingerprint density at radius 3 is 2.65 bits per heavy atom. The van der Waals surface area contributed by atoms with Gasteiger partial charge in [0.2, 0.25) is 5.91 Å². The summed E-state index contributed by atoms with van der Waals surface area (Å²) in [6.45, 7) is 0. The highest BCUT2D eigenvalue weighted by molar-refractivity contribution is 6.35. The van der Waals surface area contributed by atoms with Crippen LogP contribution < -0.4 is 10.9 Å². The molecule has 1 heterocycles. The van der Waals surface area contributed by atoms with Crippen molar-refractivity contribution >= 4 is 40.9 Å². The van der Waals surface area contributed by atoms with E-state index in [9.17, 15) is 9.59 Å². The molecule has 1 aromatic heterocycles. The maximum Gasteiger partial charge on any atom is 0.264 e. The molecule has 0 aliphatic carbocycles. The largest absolute Gasteiger partial charge is 0.322 e. The third-order valence-corrected chi connectivity index (χ3v) is 4.04. The van der Waals surface area contributed by atoms with Gasteiger partial charge in [-0.2, -0.15) is 5.10 Å². The molecular formula is C19H13Cl2N3O2. The monoisotopic (exact) mass is 385 g/mol. The van der Waals surface area contributed by atoms with Crippen molar-refractivity contribution in [1.29, 1.82) is 0 Å². The fraction of sp³-hybridized carbons (Fsp3) is 0. The van der Waals surface area contributed by atoms with E-state index in [0.717, 1.165) is 5.56 Å². The number of aromatic nitrogens is 2. The quantitative estimate of drug-likeness (QED) is 0.653. The second-order valence-electron chi connectivity index (χ2n) is 5.38.